The highest BCUT2D eigenvalue weighted by molar-refractivity contribution is 7.91. The van der Waals surface area contributed by atoms with Gasteiger partial charge in [-0.1, -0.05) is 6.92 Å². The van der Waals surface area contributed by atoms with Crippen LogP contribution < -0.4 is 5.32 Å². The van der Waals surface area contributed by atoms with E-state index < -0.39 is 26.4 Å². The van der Waals surface area contributed by atoms with Gasteiger partial charge in [0.2, 0.25) is 9.84 Å². The Kier molecular flexibility index (Phi) is 5.35. The highest BCUT2D eigenvalue weighted by Crippen LogP contribution is 2.28. The fourth-order valence-electron chi connectivity index (χ4n) is 2.64. The number of likely N-dealkylation sites (N-methyl/N-ethyl adjacent to an activating group) is 1. The zero-order valence-corrected chi connectivity index (χ0v) is 15.5. The van der Waals surface area contributed by atoms with Crippen LogP contribution in [0.2, 0.25) is 0 Å². The lowest BCUT2D eigenvalue weighted by atomic mass is 10.2. The van der Waals surface area contributed by atoms with Crippen molar-refractivity contribution in [3.8, 4) is 0 Å². The third-order valence-electron chi connectivity index (χ3n) is 4.16. The number of carbonyl (C=O) groups is 1. The number of halogens is 2. The molecule has 26 heavy (non-hydrogen) atoms. The molecule has 0 radical (unpaired) electrons. The first-order valence-corrected chi connectivity index (χ1v) is 10.3. The highest BCUT2D eigenvalue weighted by Gasteiger charge is 2.26. The zero-order valence-electron chi connectivity index (χ0n) is 13.9. The second-order valence-electron chi connectivity index (χ2n) is 5.79. The van der Waals surface area contributed by atoms with Crippen molar-refractivity contribution < 1.29 is 22.0 Å². The van der Waals surface area contributed by atoms with E-state index in [4.69, 9.17) is 0 Å². The summed E-state index contributed by atoms with van der Waals surface area (Å²) in [6.45, 7) is 4.78. The molecule has 0 bridgehead atoms. The summed E-state index contributed by atoms with van der Waals surface area (Å²) < 4.78 is 47.9. The van der Waals surface area contributed by atoms with Gasteiger partial charge in [-0.2, -0.15) is 8.78 Å². The minimum atomic E-state index is -4.67. The molecule has 0 saturated carbocycles. The molecule has 1 aliphatic heterocycles. The third-order valence-corrected chi connectivity index (χ3v) is 6.55. The Morgan fingerprint density at radius 1 is 1.35 bits per heavy atom. The summed E-state index contributed by atoms with van der Waals surface area (Å²) in [5, 5.41) is 3.16. The second kappa shape index (κ2) is 7.37. The van der Waals surface area contributed by atoms with Gasteiger partial charge >= 0.3 is 5.76 Å². The second-order valence-corrected chi connectivity index (χ2v) is 8.79. The Labute approximate surface area is 153 Å². The largest absolute Gasteiger partial charge is 0.341 e. The maximum absolute atomic E-state index is 12.5. The molecule has 0 aliphatic carbocycles. The summed E-state index contributed by atoms with van der Waals surface area (Å²) in [6, 6.07) is 4.42. The molecule has 1 aromatic carbocycles. The fraction of sp³-hybridized carbons (Fsp3) is 0.375. The number of alkyl halides is 2. The number of sulfone groups is 1. The van der Waals surface area contributed by atoms with Crippen molar-refractivity contribution in [1.82, 2.24) is 9.88 Å². The smallest absolute Gasteiger partial charge is 0.298 e. The predicted molar refractivity (Wildman–Crippen MR) is 94.4 cm³/mol. The number of fused-ring (bicyclic) bond motifs is 1. The van der Waals surface area contributed by atoms with Crippen LogP contribution in [0, 0.1) is 0 Å². The van der Waals surface area contributed by atoms with Gasteiger partial charge < -0.3 is 0 Å². The Morgan fingerprint density at radius 2 is 2.04 bits per heavy atom. The molecule has 1 N–H and O–H groups in total. The molecule has 2 heterocycles. The molecule has 0 spiro atoms. The van der Waals surface area contributed by atoms with Crippen molar-refractivity contribution in [3.05, 3.63) is 40.4 Å². The van der Waals surface area contributed by atoms with Crippen molar-refractivity contribution in [2.24, 2.45) is 0 Å². The monoisotopic (exact) mass is 401 g/mol. The normalized spacial score (nSPS) is 15.1. The summed E-state index contributed by atoms with van der Waals surface area (Å²) in [6.07, 6.45) is 0.829. The molecule has 140 valence electrons. The lowest BCUT2D eigenvalue weighted by molar-refractivity contribution is 0.102. The Balaban J connectivity index is 1.72. The van der Waals surface area contributed by atoms with Crippen LogP contribution in [0.15, 0.2) is 29.2 Å². The average molecular weight is 401 g/mol. The number of hydrogen-bond acceptors (Lipinski definition) is 6. The molecule has 1 aliphatic rings. The Morgan fingerprint density at radius 3 is 2.65 bits per heavy atom. The molecule has 6 nitrogen and oxygen atoms in total. The van der Waals surface area contributed by atoms with Crippen LogP contribution in [0.3, 0.4) is 0 Å². The lowest BCUT2D eigenvalue weighted by Crippen LogP contribution is -2.29. The average Bonchev–Trinajstić information content (AvgIpc) is 3.02. The first-order chi connectivity index (χ1) is 12.3. The summed E-state index contributed by atoms with van der Waals surface area (Å²) in [5.74, 6) is -3.96. The van der Waals surface area contributed by atoms with E-state index in [1.165, 1.54) is 23.5 Å². The number of amides is 1. The third kappa shape index (κ3) is 3.76. The minimum Gasteiger partial charge on any atom is -0.298 e. The van der Waals surface area contributed by atoms with Gasteiger partial charge in [0.05, 0.1) is 10.6 Å². The molecule has 3 rings (SSSR count). The van der Waals surface area contributed by atoms with Gasteiger partial charge in [0.15, 0.2) is 5.13 Å². The van der Waals surface area contributed by atoms with Crippen molar-refractivity contribution in [2.45, 2.75) is 30.5 Å². The summed E-state index contributed by atoms with van der Waals surface area (Å²) in [7, 11) is -4.67. The fourth-order valence-corrected chi connectivity index (χ4v) is 4.41. The number of anilines is 1. The Bertz CT molecular complexity index is 911. The topological polar surface area (TPSA) is 79.4 Å². The van der Waals surface area contributed by atoms with E-state index in [1.54, 1.807) is 0 Å². The van der Waals surface area contributed by atoms with Crippen molar-refractivity contribution in [2.75, 3.05) is 18.4 Å². The van der Waals surface area contributed by atoms with E-state index in [-0.39, 0.29) is 5.56 Å². The summed E-state index contributed by atoms with van der Waals surface area (Å²) in [4.78, 5) is 19.6. The molecule has 2 aromatic rings. The van der Waals surface area contributed by atoms with Crippen LogP contribution in [0.25, 0.3) is 0 Å². The van der Waals surface area contributed by atoms with Gasteiger partial charge in [0.25, 0.3) is 5.91 Å². The van der Waals surface area contributed by atoms with Crippen LogP contribution in [0.1, 0.15) is 27.9 Å². The molecule has 0 fully saturated rings. The molecule has 0 saturated heterocycles. The number of hydrogen-bond donors (Lipinski definition) is 1. The van der Waals surface area contributed by atoms with Crippen LogP contribution in [0.4, 0.5) is 13.9 Å². The molecule has 1 aromatic heterocycles. The number of carbonyl (C=O) groups excluding carboxylic acids is 1. The minimum absolute atomic E-state index is 0.168. The van der Waals surface area contributed by atoms with E-state index in [1.807, 2.05) is 0 Å². The number of rotatable bonds is 5. The van der Waals surface area contributed by atoms with Crippen molar-refractivity contribution in [3.63, 3.8) is 0 Å². The maximum Gasteiger partial charge on any atom is 0.341 e. The van der Waals surface area contributed by atoms with Crippen LogP contribution in [-0.4, -0.2) is 43.1 Å². The van der Waals surface area contributed by atoms with Gasteiger partial charge in [-0.05, 0) is 30.8 Å². The number of benzene rings is 1. The number of thiazole rings is 1. The maximum atomic E-state index is 12.5. The van der Waals surface area contributed by atoms with E-state index in [0.29, 0.717) is 5.13 Å². The number of nitrogens with one attached hydrogen (secondary N) is 1. The van der Waals surface area contributed by atoms with Gasteiger partial charge in [-0.3, -0.25) is 15.0 Å². The van der Waals surface area contributed by atoms with E-state index in [9.17, 15) is 22.0 Å². The van der Waals surface area contributed by atoms with Gasteiger partial charge in [0.1, 0.15) is 0 Å². The van der Waals surface area contributed by atoms with Crippen LogP contribution in [-0.2, 0) is 22.8 Å². The zero-order chi connectivity index (χ0) is 18.9. The summed E-state index contributed by atoms with van der Waals surface area (Å²) in [5.41, 5.74) is 1.15. The molecule has 0 atom stereocenters. The van der Waals surface area contributed by atoms with E-state index >= 15 is 0 Å². The quantitative estimate of drug-likeness (QED) is 0.833. The van der Waals surface area contributed by atoms with Gasteiger partial charge in [-0.15, -0.1) is 11.3 Å². The van der Waals surface area contributed by atoms with Crippen LogP contribution >= 0.6 is 11.3 Å². The van der Waals surface area contributed by atoms with Crippen molar-refractivity contribution >= 4 is 32.2 Å². The van der Waals surface area contributed by atoms with Crippen LogP contribution in [0.5, 0.6) is 0 Å². The van der Waals surface area contributed by atoms with E-state index in [0.717, 1.165) is 48.8 Å². The molecule has 10 heteroatoms. The number of nitrogens with zero attached hydrogens (tertiary/aromatic N) is 2. The Hall–Kier alpha value is -1.91. The first kappa shape index (κ1) is 18.9. The van der Waals surface area contributed by atoms with Gasteiger partial charge in [-0.25, -0.2) is 13.4 Å². The van der Waals surface area contributed by atoms with Crippen molar-refractivity contribution in [1.29, 1.82) is 0 Å². The molecular formula is C16H17F2N3O3S2. The molecule has 0 unspecified atom stereocenters. The molecule has 1 amide bonds. The summed E-state index contributed by atoms with van der Waals surface area (Å²) >= 11 is 1.41. The lowest BCUT2D eigenvalue weighted by Gasteiger charge is -2.23. The first-order valence-electron chi connectivity index (χ1n) is 7.95. The SMILES string of the molecule is CCN1CCc2nc(NC(=O)c3ccc(S(=O)(=O)C(F)F)cc3)sc2C1. The molecular weight excluding hydrogens is 384 g/mol. The number of aromatic nitrogens is 1. The predicted octanol–water partition coefficient (Wildman–Crippen LogP) is 2.77. The van der Waals surface area contributed by atoms with Gasteiger partial charge in [0, 0.05) is 30.0 Å². The highest BCUT2D eigenvalue weighted by atomic mass is 32.2. The van der Waals surface area contributed by atoms with E-state index in [2.05, 4.69) is 22.1 Å². The standard InChI is InChI=1S/C16H17F2N3O3S2/c1-2-21-8-7-12-13(9-21)25-16(19-12)20-14(22)10-3-5-11(6-4-10)26(23,24)15(17)18/h3-6,15H,2,7-9H2,1H3,(H,19,20,22).